The molecule has 0 aliphatic rings. The molecule has 0 radical (unpaired) electrons. The highest BCUT2D eigenvalue weighted by Gasteiger charge is 2.22. The number of ether oxygens (including phenoxy) is 2. The maximum Gasteiger partial charge on any atom is 0.379 e. The average molecular weight is 148 g/mol. The van der Waals surface area contributed by atoms with E-state index in [4.69, 9.17) is 5.11 Å². The fourth-order valence-electron chi connectivity index (χ4n) is 0.308. The number of Topliss-reactive ketones (excluding diaryl/α,β-unsaturated/α-hetero) is 1. The van der Waals surface area contributed by atoms with Gasteiger partial charge in [0.15, 0.2) is 0 Å². The molecule has 1 unspecified atom stereocenters. The van der Waals surface area contributed by atoms with Crippen molar-refractivity contribution in [3.8, 4) is 0 Å². The van der Waals surface area contributed by atoms with Crippen molar-refractivity contribution < 1.29 is 24.2 Å². The highest BCUT2D eigenvalue weighted by atomic mass is 16.6. The third-order valence-corrected chi connectivity index (χ3v) is 0.834. The van der Waals surface area contributed by atoms with Gasteiger partial charge in [-0.2, -0.15) is 0 Å². The first-order chi connectivity index (χ1) is 4.63. The summed E-state index contributed by atoms with van der Waals surface area (Å²) >= 11 is 0. The molecule has 0 spiro atoms. The van der Waals surface area contributed by atoms with Gasteiger partial charge in [0, 0.05) is 7.11 Å². The van der Waals surface area contributed by atoms with E-state index in [2.05, 4.69) is 9.47 Å². The molecule has 0 amide bonds. The lowest BCUT2D eigenvalue weighted by atomic mass is 10.4. The fraction of sp³-hybridized carbons (Fsp3) is 0.600. The quantitative estimate of drug-likeness (QED) is 0.305. The number of hydrogen-bond donors (Lipinski definition) is 1. The SMILES string of the molecule is COC(=O)C(=O)C(O)OC. The summed E-state index contributed by atoms with van der Waals surface area (Å²) in [7, 11) is 2.15. The molecular weight excluding hydrogens is 140 g/mol. The number of methoxy groups -OCH3 is 2. The summed E-state index contributed by atoms with van der Waals surface area (Å²) in [5.74, 6) is -2.22. The number of esters is 1. The summed E-state index contributed by atoms with van der Waals surface area (Å²) in [6, 6.07) is 0. The second-order valence-electron chi connectivity index (χ2n) is 1.44. The molecule has 0 bridgehead atoms. The predicted octanol–water partition coefficient (Wildman–Crippen LogP) is -1.31. The van der Waals surface area contributed by atoms with Gasteiger partial charge in [-0.25, -0.2) is 4.79 Å². The summed E-state index contributed by atoms with van der Waals surface area (Å²) in [5.41, 5.74) is 0. The van der Waals surface area contributed by atoms with Crippen molar-refractivity contribution >= 4 is 11.8 Å². The number of aliphatic hydroxyl groups is 1. The van der Waals surface area contributed by atoms with Gasteiger partial charge in [0.1, 0.15) is 0 Å². The van der Waals surface area contributed by atoms with Gasteiger partial charge in [0.2, 0.25) is 6.29 Å². The zero-order chi connectivity index (χ0) is 8.15. The van der Waals surface area contributed by atoms with Crippen LogP contribution in [0, 0.1) is 0 Å². The van der Waals surface area contributed by atoms with Gasteiger partial charge in [-0.05, 0) is 0 Å². The van der Waals surface area contributed by atoms with Crippen molar-refractivity contribution in [3.63, 3.8) is 0 Å². The summed E-state index contributed by atoms with van der Waals surface area (Å²) < 4.78 is 8.15. The lowest BCUT2D eigenvalue weighted by Gasteiger charge is -2.03. The second-order valence-corrected chi connectivity index (χ2v) is 1.44. The van der Waals surface area contributed by atoms with Crippen molar-refractivity contribution in [2.24, 2.45) is 0 Å². The molecule has 1 N–H and O–H groups in total. The molecule has 0 aliphatic heterocycles. The Morgan fingerprint density at radius 1 is 1.40 bits per heavy atom. The van der Waals surface area contributed by atoms with Crippen LogP contribution in [-0.4, -0.2) is 37.4 Å². The topological polar surface area (TPSA) is 72.8 Å². The van der Waals surface area contributed by atoms with Gasteiger partial charge in [-0.1, -0.05) is 0 Å². The smallest absolute Gasteiger partial charge is 0.379 e. The normalized spacial score (nSPS) is 12.3. The second kappa shape index (κ2) is 3.97. The van der Waals surface area contributed by atoms with E-state index in [0.29, 0.717) is 0 Å². The minimum absolute atomic E-state index is 1.04. The molecular formula is C5H8O5. The number of rotatable bonds is 3. The number of carbonyl (C=O) groups is 2. The maximum absolute atomic E-state index is 10.5. The van der Waals surface area contributed by atoms with Gasteiger partial charge in [0.25, 0.3) is 5.78 Å². The van der Waals surface area contributed by atoms with Crippen molar-refractivity contribution in [1.82, 2.24) is 0 Å². The van der Waals surface area contributed by atoms with Crippen LogP contribution in [-0.2, 0) is 19.1 Å². The highest BCUT2D eigenvalue weighted by Crippen LogP contribution is 1.88. The van der Waals surface area contributed by atoms with Crippen LogP contribution in [0.2, 0.25) is 0 Å². The zero-order valence-corrected chi connectivity index (χ0v) is 5.66. The number of carbonyl (C=O) groups excluding carboxylic acids is 2. The summed E-state index contributed by atoms with van der Waals surface area (Å²) in [6.07, 6.45) is -1.72. The zero-order valence-electron chi connectivity index (χ0n) is 5.66. The highest BCUT2D eigenvalue weighted by molar-refractivity contribution is 6.34. The van der Waals surface area contributed by atoms with Crippen LogP contribution in [0.1, 0.15) is 0 Å². The third kappa shape index (κ3) is 2.12. The maximum atomic E-state index is 10.5. The molecule has 10 heavy (non-hydrogen) atoms. The van der Waals surface area contributed by atoms with Crippen LogP contribution >= 0.6 is 0 Å². The van der Waals surface area contributed by atoms with Crippen molar-refractivity contribution in [1.29, 1.82) is 0 Å². The van der Waals surface area contributed by atoms with E-state index in [1.165, 1.54) is 0 Å². The molecule has 5 heteroatoms. The Kier molecular flexibility index (Phi) is 3.60. The first-order valence-electron chi connectivity index (χ1n) is 2.46. The molecule has 0 rings (SSSR count). The monoisotopic (exact) mass is 148 g/mol. The van der Waals surface area contributed by atoms with Crippen LogP contribution in [0.15, 0.2) is 0 Å². The van der Waals surface area contributed by atoms with E-state index in [1.54, 1.807) is 0 Å². The van der Waals surface area contributed by atoms with Crippen LogP contribution in [0.25, 0.3) is 0 Å². The standard InChI is InChI=1S/C5H8O5/c1-9-4(7)3(6)5(8)10-2/h4,7H,1-2H3. The van der Waals surface area contributed by atoms with E-state index in [9.17, 15) is 9.59 Å². The number of hydrogen-bond acceptors (Lipinski definition) is 5. The Hall–Kier alpha value is -0.940. The largest absolute Gasteiger partial charge is 0.463 e. The van der Waals surface area contributed by atoms with Gasteiger partial charge in [0.05, 0.1) is 7.11 Å². The lowest BCUT2D eigenvalue weighted by molar-refractivity contribution is -0.168. The Morgan fingerprint density at radius 3 is 2.20 bits per heavy atom. The number of ketones is 1. The van der Waals surface area contributed by atoms with Gasteiger partial charge >= 0.3 is 5.97 Å². The molecule has 0 aromatic carbocycles. The predicted molar refractivity (Wildman–Crippen MR) is 30.0 cm³/mol. The van der Waals surface area contributed by atoms with Gasteiger partial charge in [-0.3, -0.25) is 4.79 Å². The fourth-order valence-corrected chi connectivity index (χ4v) is 0.308. The molecule has 5 nitrogen and oxygen atoms in total. The molecule has 0 aromatic heterocycles. The first kappa shape index (κ1) is 9.06. The van der Waals surface area contributed by atoms with Crippen molar-refractivity contribution in [2.75, 3.05) is 14.2 Å². The average Bonchev–Trinajstić information content (AvgIpc) is 2.00. The lowest BCUT2D eigenvalue weighted by Crippen LogP contribution is -2.30. The van der Waals surface area contributed by atoms with Crippen LogP contribution in [0.3, 0.4) is 0 Å². The minimum Gasteiger partial charge on any atom is -0.463 e. The van der Waals surface area contributed by atoms with E-state index in [0.717, 1.165) is 14.2 Å². The molecule has 0 saturated carbocycles. The molecule has 0 fully saturated rings. The first-order valence-corrected chi connectivity index (χ1v) is 2.46. The summed E-state index contributed by atoms with van der Waals surface area (Å²) in [4.78, 5) is 20.8. The van der Waals surface area contributed by atoms with Gasteiger partial charge < -0.3 is 14.6 Å². The van der Waals surface area contributed by atoms with Crippen LogP contribution in [0.4, 0.5) is 0 Å². The molecule has 58 valence electrons. The summed E-state index contributed by atoms with van der Waals surface area (Å²) in [5, 5.41) is 8.56. The van der Waals surface area contributed by atoms with Gasteiger partial charge in [-0.15, -0.1) is 0 Å². The van der Waals surface area contributed by atoms with E-state index >= 15 is 0 Å². The van der Waals surface area contributed by atoms with Crippen molar-refractivity contribution in [3.05, 3.63) is 0 Å². The Balaban J connectivity index is 3.95. The Bertz CT molecular complexity index is 141. The number of aliphatic hydroxyl groups excluding tert-OH is 1. The Labute approximate surface area is 57.5 Å². The molecule has 0 heterocycles. The molecule has 1 atom stereocenters. The minimum atomic E-state index is -1.72. The van der Waals surface area contributed by atoms with Crippen LogP contribution < -0.4 is 0 Å². The summed E-state index contributed by atoms with van der Waals surface area (Å²) in [6.45, 7) is 0. The van der Waals surface area contributed by atoms with E-state index in [-0.39, 0.29) is 0 Å². The van der Waals surface area contributed by atoms with Crippen molar-refractivity contribution in [2.45, 2.75) is 6.29 Å². The van der Waals surface area contributed by atoms with Crippen LogP contribution in [0.5, 0.6) is 0 Å². The molecule has 0 saturated heterocycles. The third-order valence-electron chi connectivity index (χ3n) is 0.834. The molecule has 0 aromatic rings. The Morgan fingerprint density at radius 2 is 1.90 bits per heavy atom. The van der Waals surface area contributed by atoms with E-state index in [1.807, 2.05) is 0 Å². The molecule has 0 aliphatic carbocycles. The van der Waals surface area contributed by atoms with E-state index < -0.39 is 18.0 Å².